The number of carbonyl (C=O) groups is 2. The van der Waals surface area contributed by atoms with Crippen LogP contribution in [0.25, 0.3) is 0 Å². The average molecular weight is 307 g/mol. The summed E-state index contributed by atoms with van der Waals surface area (Å²) >= 11 is 5.98. The van der Waals surface area contributed by atoms with Crippen LogP contribution in [0.15, 0.2) is 24.3 Å². The molecule has 1 aromatic rings. The summed E-state index contributed by atoms with van der Waals surface area (Å²) in [6.45, 7) is 0.296. The summed E-state index contributed by atoms with van der Waals surface area (Å²) in [5.74, 6) is -0.0466. The van der Waals surface area contributed by atoms with E-state index in [4.69, 9.17) is 11.6 Å². The minimum absolute atomic E-state index is 0.0466. The van der Waals surface area contributed by atoms with Gasteiger partial charge in [-0.2, -0.15) is 0 Å². The lowest BCUT2D eigenvalue weighted by atomic mass is 9.81. The molecule has 3 rings (SSSR count). The molecule has 1 aromatic carbocycles. The number of carbonyl (C=O) groups excluding carboxylic acids is 2. The van der Waals surface area contributed by atoms with Crippen molar-refractivity contribution < 1.29 is 9.59 Å². The first-order valence-corrected chi connectivity index (χ1v) is 7.77. The molecular weight excluding hydrogens is 288 g/mol. The first-order valence-electron chi connectivity index (χ1n) is 7.39. The van der Waals surface area contributed by atoms with Gasteiger partial charge in [0, 0.05) is 12.1 Å². The highest BCUT2D eigenvalue weighted by molar-refractivity contribution is 6.30. The molecule has 2 fully saturated rings. The predicted molar refractivity (Wildman–Crippen MR) is 81.0 cm³/mol. The number of imide groups is 1. The summed E-state index contributed by atoms with van der Waals surface area (Å²) in [6.07, 6.45) is 4.72. The van der Waals surface area contributed by atoms with Gasteiger partial charge in [0.25, 0.3) is 5.91 Å². The molecule has 1 saturated carbocycles. The summed E-state index contributed by atoms with van der Waals surface area (Å²) in [7, 11) is 1.75. The molecule has 1 spiro atoms. The van der Waals surface area contributed by atoms with Crippen LogP contribution in [0.2, 0.25) is 5.02 Å². The van der Waals surface area contributed by atoms with Gasteiger partial charge >= 0.3 is 6.03 Å². The average Bonchev–Trinajstić information content (AvgIpc) is 2.65. The Morgan fingerprint density at radius 2 is 1.90 bits per heavy atom. The van der Waals surface area contributed by atoms with Crippen LogP contribution < -0.4 is 0 Å². The Bertz CT molecular complexity index is 581. The van der Waals surface area contributed by atoms with Gasteiger partial charge in [-0.3, -0.25) is 9.69 Å². The fourth-order valence-electron chi connectivity index (χ4n) is 3.49. The summed E-state index contributed by atoms with van der Waals surface area (Å²) in [5.41, 5.74) is 0.277. The molecule has 4 nitrogen and oxygen atoms in total. The Morgan fingerprint density at radius 1 is 1.19 bits per heavy atom. The first kappa shape index (κ1) is 14.4. The smallest absolute Gasteiger partial charge is 0.313 e. The molecule has 0 unspecified atom stereocenters. The van der Waals surface area contributed by atoms with Crippen LogP contribution >= 0.6 is 11.6 Å². The minimum atomic E-state index is -0.603. The van der Waals surface area contributed by atoms with E-state index in [-0.39, 0.29) is 11.9 Å². The number of hydrogen-bond donors (Lipinski definition) is 0. The fraction of sp³-hybridized carbons (Fsp3) is 0.500. The zero-order valence-electron chi connectivity index (χ0n) is 12.1. The molecule has 21 heavy (non-hydrogen) atoms. The van der Waals surface area contributed by atoms with E-state index in [2.05, 4.69) is 0 Å². The van der Waals surface area contributed by atoms with Gasteiger partial charge in [-0.15, -0.1) is 0 Å². The van der Waals surface area contributed by atoms with Crippen molar-refractivity contribution >= 4 is 23.5 Å². The minimum Gasteiger partial charge on any atom is -0.313 e. The third-order valence-corrected chi connectivity index (χ3v) is 4.95. The van der Waals surface area contributed by atoms with Gasteiger partial charge in [-0.1, -0.05) is 43.0 Å². The molecule has 1 heterocycles. The zero-order valence-corrected chi connectivity index (χ0v) is 12.9. The number of nitrogens with zero attached hydrogens (tertiary/aromatic N) is 2. The molecule has 3 amide bonds. The van der Waals surface area contributed by atoms with Crippen LogP contribution in [0.5, 0.6) is 0 Å². The molecule has 0 radical (unpaired) electrons. The van der Waals surface area contributed by atoms with Crippen molar-refractivity contribution in [1.82, 2.24) is 9.80 Å². The number of amides is 3. The maximum Gasteiger partial charge on any atom is 0.327 e. The molecule has 1 aliphatic heterocycles. The molecule has 0 atom stereocenters. The van der Waals surface area contributed by atoms with Crippen LogP contribution in [-0.2, 0) is 11.3 Å². The van der Waals surface area contributed by atoms with Crippen molar-refractivity contribution in [2.75, 3.05) is 7.05 Å². The van der Waals surface area contributed by atoms with Crippen molar-refractivity contribution in [3.63, 3.8) is 0 Å². The molecule has 1 aliphatic carbocycles. The van der Waals surface area contributed by atoms with E-state index < -0.39 is 5.54 Å². The number of urea groups is 1. The number of likely N-dealkylation sites (N-methyl/N-ethyl adjacent to an activating group) is 1. The van der Waals surface area contributed by atoms with Gasteiger partial charge in [0.2, 0.25) is 0 Å². The van der Waals surface area contributed by atoms with E-state index in [1.807, 2.05) is 12.1 Å². The maximum absolute atomic E-state index is 12.8. The maximum atomic E-state index is 12.8. The molecule has 5 heteroatoms. The van der Waals surface area contributed by atoms with Gasteiger partial charge in [-0.25, -0.2) is 4.79 Å². The highest BCUT2D eigenvalue weighted by atomic mass is 35.5. The van der Waals surface area contributed by atoms with E-state index in [0.29, 0.717) is 11.6 Å². The molecular formula is C16H19ClN2O2. The first-order chi connectivity index (χ1) is 10.0. The van der Waals surface area contributed by atoms with E-state index >= 15 is 0 Å². The second-order valence-electron chi connectivity index (χ2n) is 5.96. The number of hydrogen-bond acceptors (Lipinski definition) is 2. The molecule has 0 aromatic heterocycles. The second kappa shape index (κ2) is 5.34. The molecule has 0 bridgehead atoms. The Kier molecular flexibility index (Phi) is 3.66. The lowest BCUT2D eigenvalue weighted by molar-refractivity contribution is -0.134. The third kappa shape index (κ3) is 2.31. The summed E-state index contributed by atoms with van der Waals surface area (Å²) in [6, 6.07) is 7.12. The monoisotopic (exact) mass is 306 g/mol. The SMILES string of the molecule is CN1C(=O)N(Cc2cccc(Cl)c2)C(=O)C12CCCCC2. The standard InChI is InChI=1S/C16H19ClN2O2/c1-18-15(21)19(11-12-6-5-7-13(17)10-12)14(20)16(18)8-3-2-4-9-16/h5-7,10H,2-4,8-9,11H2,1H3. The largest absolute Gasteiger partial charge is 0.327 e. The Balaban J connectivity index is 1.86. The van der Waals surface area contributed by atoms with E-state index in [1.165, 1.54) is 4.90 Å². The van der Waals surface area contributed by atoms with E-state index in [0.717, 1.165) is 37.7 Å². The van der Waals surface area contributed by atoms with Gasteiger partial charge in [0.05, 0.1) is 6.54 Å². The van der Waals surface area contributed by atoms with Crippen molar-refractivity contribution in [2.24, 2.45) is 0 Å². The van der Waals surface area contributed by atoms with Crippen LogP contribution in [0.4, 0.5) is 4.79 Å². The molecule has 1 saturated heterocycles. The lowest BCUT2D eigenvalue weighted by Crippen LogP contribution is -2.49. The van der Waals surface area contributed by atoms with Crippen molar-refractivity contribution in [1.29, 1.82) is 0 Å². The van der Waals surface area contributed by atoms with Crippen LogP contribution in [0, 0.1) is 0 Å². The zero-order chi connectivity index (χ0) is 15.0. The fourth-order valence-corrected chi connectivity index (χ4v) is 3.70. The van der Waals surface area contributed by atoms with Gasteiger partial charge < -0.3 is 4.90 Å². The predicted octanol–water partition coefficient (Wildman–Crippen LogP) is 3.44. The Labute approximate surface area is 129 Å². The van der Waals surface area contributed by atoms with Crippen LogP contribution in [0.1, 0.15) is 37.7 Å². The van der Waals surface area contributed by atoms with Gasteiger partial charge in [0.1, 0.15) is 5.54 Å². The summed E-state index contributed by atoms with van der Waals surface area (Å²) in [4.78, 5) is 28.3. The van der Waals surface area contributed by atoms with Crippen LogP contribution in [-0.4, -0.2) is 34.3 Å². The molecule has 2 aliphatic rings. The lowest BCUT2D eigenvalue weighted by Gasteiger charge is -2.35. The highest BCUT2D eigenvalue weighted by Crippen LogP contribution is 2.39. The Hall–Kier alpha value is -1.55. The van der Waals surface area contributed by atoms with Crippen molar-refractivity contribution in [3.8, 4) is 0 Å². The third-order valence-electron chi connectivity index (χ3n) is 4.71. The normalized spacial score (nSPS) is 21.4. The number of benzene rings is 1. The second-order valence-corrected chi connectivity index (χ2v) is 6.39. The van der Waals surface area contributed by atoms with Crippen LogP contribution in [0.3, 0.4) is 0 Å². The van der Waals surface area contributed by atoms with E-state index in [9.17, 15) is 9.59 Å². The molecule has 112 valence electrons. The van der Waals surface area contributed by atoms with Crippen molar-refractivity contribution in [3.05, 3.63) is 34.9 Å². The van der Waals surface area contributed by atoms with E-state index in [1.54, 1.807) is 24.1 Å². The number of rotatable bonds is 2. The van der Waals surface area contributed by atoms with Gasteiger partial charge in [-0.05, 0) is 30.5 Å². The summed E-state index contributed by atoms with van der Waals surface area (Å²) < 4.78 is 0. The highest BCUT2D eigenvalue weighted by Gasteiger charge is 2.55. The summed E-state index contributed by atoms with van der Waals surface area (Å²) in [5, 5.41) is 0.618. The molecule has 0 N–H and O–H groups in total. The number of halogens is 1. The Morgan fingerprint density at radius 3 is 2.57 bits per heavy atom. The van der Waals surface area contributed by atoms with Gasteiger partial charge in [0.15, 0.2) is 0 Å². The quantitative estimate of drug-likeness (QED) is 0.785. The topological polar surface area (TPSA) is 40.6 Å². The van der Waals surface area contributed by atoms with Crippen molar-refractivity contribution in [2.45, 2.75) is 44.2 Å².